The number of rotatable bonds is 4. The maximum Gasteiger partial charge on any atom is 0.306 e. The molecule has 154 valence electrons. The maximum absolute atomic E-state index is 11.1. The van der Waals surface area contributed by atoms with Crippen LogP contribution in [0.2, 0.25) is 0 Å². The predicted molar refractivity (Wildman–Crippen MR) is 105 cm³/mol. The summed E-state index contributed by atoms with van der Waals surface area (Å²) in [4.78, 5) is 13.2. The van der Waals surface area contributed by atoms with Crippen molar-refractivity contribution in [3.8, 4) is 5.88 Å². The second-order valence-corrected chi connectivity index (χ2v) is 9.11. The van der Waals surface area contributed by atoms with E-state index in [1.807, 2.05) is 27.7 Å². The van der Waals surface area contributed by atoms with Crippen molar-refractivity contribution in [1.29, 1.82) is 0 Å². The molecular formula is C17H29ClN4O4S. The monoisotopic (exact) mass is 420 g/mol. The molecule has 2 saturated heterocycles. The van der Waals surface area contributed by atoms with Crippen LogP contribution in [0, 0.1) is 5.92 Å². The zero-order chi connectivity index (χ0) is 19.1. The molecule has 27 heavy (non-hydrogen) atoms. The van der Waals surface area contributed by atoms with Crippen molar-refractivity contribution < 1.29 is 19.8 Å². The Labute approximate surface area is 170 Å². The molecule has 1 aromatic rings. The molecule has 0 amide bonds. The van der Waals surface area contributed by atoms with E-state index in [1.165, 1.54) is 5.06 Å². The lowest BCUT2D eigenvalue weighted by Crippen LogP contribution is -2.61. The number of hydrogen-bond acceptors (Lipinski definition) is 8. The molecule has 0 unspecified atom stereocenters. The standard InChI is InChI=1S/C17H28N4O4S.ClH/c1-16(2)9-12(10-17(3,4)21(16)24)25-14-13(18-26-19-14)20-7-5-11(6-8-20)15(22)23;/h11-12,24H,5-10H2,1-4H3,(H,22,23);1H. The van der Waals surface area contributed by atoms with Crippen LogP contribution in [0.1, 0.15) is 53.4 Å². The van der Waals surface area contributed by atoms with E-state index in [0.29, 0.717) is 50.5 Å². The number of carbonyl (C=O) groups is 1. The van der Waals surface area contributed by atoms with Crippen molar-refractivity contribution in [2.45, 2.75) is 70.6 Å². The number of ether oxygens (including phenoxy) is 1. The molecule has 0 spiro atoms. The molecule has 2 aliphatic heterocycles. The lowest BCUT2D eigenvalue weighted by molar-refractivity contribution is -0.255. The molecule has 3 heterocycles. The van der Waals surface area contributed by atoms with Gasteiger partial charge in [0.25, 0.3) is 5.88 Å². The number of nitrogens with zero attached hydrogens (tertiary/aromatic N) is 4. The molecule has 0 radical (unpaired) electrons. The van der Waals surface area contributed by atoms with Crippen molar-refractivity contribution in [2.24, 2.45) is 5.92 Å². The topological polar surface area (TPSA) is 99.0 Å². The van der Waals surface area contributed by atoms with Gasteiger partial charge in [0.1, 0.15) is 6.10 Å². The van der Waals surface area contributed by atoms with Crippen LogP contribution in [-0.2, 0) is 4.79 Å². The summed E-state index contributed by atoms with van der Waals surface area (Å²) in [5.74, 6) is 0.225. The van der Waals surface area contributed by atoms with E-state index in [0.717, 1.165) is 11.7 Å². The third-order valence-corrected chi connectivity index (χ3v) is 5.97. The first kappa shape index (κ1) is 22.1. The van der Waals surface area contributed by atoms with Crippen molar-refractivity contribution in [1.82, 2.24) is 13.8 Å². The first-order chi connectivity index (χ1) is 12.1. The Balaban J connectivity index is 0.00000261. The molecular weight excluding hydrogens is 392 g/mol. The van der Waals surface area contributed by atoms with Crippen LogP contribution in [0.15, 0.2) is 0 Å². The Morgan fingerprint density at radius 1 is 1.15 bits per heavy atom. The molecule has 0 aromatic carbocycles. The summed E-state index contributed by atoms with van der Waals surface area (Å²) in [7, 11) is 0. The summed E-state index contributed by atoms with van der Waals surface area (Å²) in [6.07, 6.45) is 2.52. The number of carboxylic acid groups (broad SMARTS) is 1. The normalized spacial score (nSPS) is 23.7. The van der Waals surface area contributed by atoms with Gasteiger partial charge in [0, 0.05) is 37.0 Å². The molecule has 1 aromatic heterocycles. The van der Waals surface area contributed by atoms with Gasteiger partial charge >= 0.3 is 5.97 Å². The third-order valence-electron chi connectivity index (χ3n) is 5.47. The van der Waals surface area contributed by atoms with Gasteiger partial charge in [-0.15, -0.1) is 16.8 Å². The number of anilines is 1. The highest BCUT2D eigenvalue weighted by atomic mass is 35.5. The summed E-state index contributed by atoms with van der Waals surface area (Å²) >= 11 is 1.11. The lowest BCUT2D eigenvalue weighted by atomic mass is 9.80. The summed E-state index contributed by atoms with van der Waals surface area (Å²) in [6, 6.07) is 0. The highest BCUT2D eigenvalue weighted by Crippen LogP contribution is 2.39. The minimum Gasteiger partial charge on any atom is -0.481 e. The summed E-state index contributed by atoms with van der Waals surface area (Å²) in [6.45, 7) is 9.29. The predicted octanol–water partition coefficient (Wildman–Crippen LogP) is 3.05. The van der Waals surface area contributed by atoms with Gasteiger partial charge in [-0.25, -0.2) is 0 Å². The summed E-state index contributed by atoms with van der Waals surface area (Å²) in [5.41, 5.74) is -0.786. The first-order valence-corrected chi connectivity index (χ1v) is 9.79. The Morgan fingerprint density at radius 2 is 1.70 bits per heavy atom. The van der Waals surface area contributed by atoms with E-state index >= 15 is 0 Å². The highest BCUT2D eigenvalue weighted by molar-refractivity contribution is 6.99. The van der Waals surface area contributed by atoms with E-state index in [2.05, 4.69) is 13.6 Å². The smallest absolute Gasteiger partial charge is 0.306 e. The molecule has 3 rings (SSSR count). The van der Waals surface area contributed by atoms with Crippen LogP contribution < -0.4 is 9.64 Å². The van der Waals surface area contributed by atoms with Gasteiger partial charge < -0.3 is 20.0 Å². The van der Waals surface area contributed by atoms with Crippen LogP contribution in [0.5, 0.6) is 5.88 Å². The summed E-state index contributed by atoms with van der Waals surface area (Å²) < 4.78 is 14.9. The molecule has 2 N–H and O–H groups in total. The Kier molecular flexibility index (Phi) is 6.61. The molecule has 0 bridgehead atoms. The lowest BCUT2D eigenvalue weighted by Gasteiger charge is -2.51. The number of carboxylic acids is 1. The molecule has 2 aliphatic rings. The minimum atomic E-state index is -0.724. The quantitative estimate of drug-likeness (QED) is 0.766. The molecule has 0 atom stereocenters. The Morgan fingerprint density at radius 3 is 2.22 bits per heavy atom. The Hall–Kier alpha value is -1.16. The van der Waals surface area contributed by atoms with Crippen LogP contribution >= 0.6 is 24.1 Å². The first-order valence-electron chi connectivity index (χ1n) is 9.06. The van der Waals surface area contributed by atoms with Crippen LogP contribution in [0.25, 0.3) is 0 Å². The molecule has 0 aliphatic carbocycles. The van der Waals surface area contributed by atoms with Crippen LogP contribution in [0.3, 0.4) is 0 Å². The van der Waals surface area contributed by atoms with Gasteiger partial charge in [-0.2, -0.15) is 9.44 Å². The second kappa shape index (κ2) is 8.06. The van der Waals surface area contributed by atoms with Gasteiger partial charge in [-0.3, -0.25) is 4.79 Å². The van der Waals surface area contributed by atoms with Gasteiger partial charge in [0.05, 0.1) is 17.6 Å². The maximum atomic E-state index is 11.1. The SMILES string of the molecule is CC1(C)CC(Oc2nsnc2N2CCC(C(=O)O)CC2)CC(C)(C)N1O.Cl. The van der Waals surface area contributed by atoms with E-state index in [4.69, 9.17) is 9.84 Å². The fraction of sp³-hybridized carbons (Fsp3) is 0.824. The number of hydroxylamine groups is 2. The summed E-state index contributed by atoms with van der Waals surface area (Å²) in [5, 5.41) is 21.0. The van der Waals surface area contributed by atoms with E-state index in [9.17, 15) is 10.0 Å². The highest BCUT2D eigenvalue weighted by Gasteiger charge is 2.46. The van der Waals surface area contributed by atoms with E-state index < -0.39 is 17.0 Å². The van der Waals surface area contributed by atoms with Gasteiger partial charge in [-0.05, 0) is 40.5 Å². The van der Waals surface area contributed by atoms with Crippen LogP contribution in [-0.4, -0.2) is 60.4 Å². The zero-order valence-corrected chi connectivity index (χ0v) is 17.8. The van der Waals surface area contributed by atoms with Gasteiger partial charge in [0.15, 0.2) is 0 Å². The number of halogens is 1. The van der Waals surface area contributed by atoms with Gasteiger partial charge in [0.2, 0.25) is 5.82 Å². The number of piperidine rings is 2. The van der Waals surface area contributed by atoms with Crippen molar-refractivity contribution in [3.05, 3.63) is 0 Å². The van der Waals surface area contributed by atoms with Crippen molar-refractivity contribution in [3.63, 3.8) is 0 Å². The molecule has 2 fully saturated rings. The van der Waals surface area contributed by atoms with Crippen molar-refractivity contribution in [2.75, 3.05) is 18.0 Å². The van der Waals surface area contributed by atoms with E-state index in [-0.39, 0.29) is 24.4 Å². The molecule has 8 nitrogen and oxygen atoms in total. The fourth-order valence-electron chi connectivity index (χ4n) is 4.20. The fourth-order valence-corrected chi connectivity index (χ4v) is 4.71. The second-order valence-electron chi connectivity index (χ2n) is 8.58. The minimum absolute atomic E-state index is 0. The average molecular weight is 421 g/mol. The number of aromatic nitrogens is 2. The van der Waals surface area contributed by atoms with E-state index in [1.54, 1.807) is 0 Å². The Bertz CT molecular complexity index is 643. The van der Waals surface area contributed by atoms with Crippen LogP contribution in [0.4, 0.5) is 5.82 Å². The number of hydrogen-bond donors (Lipinski definition) is 2. The largest absolute Gasteiger partial charge is 0.481 e. The third kappa shape index (κ3) is 4.64. The van der Waals surface area contributed by atoms with Gasteiger partial charge in [-0.1, -0.05) is 0 Å². The zero-order valence-electron chi connectivity index (χ0n) is 16.2. The molecule has 0 saturated carbocycles. The molecule has 10 heteroatoms. The average Bonchev–Trinajstić information content (AvgIpc) is 3.00. The van der Waals surface area contributed by atoms with Crippen molar-refractivity contribution >= 4 is 35.9 Å². The number of aliphatic carboxylic acids is 1.